The van der Waals surface area contributed by atoms with Crippen LogP contribution in [0.1, 0.15) is 0 Å². The van der Waals surface area contributed by atoms with Crippen LogP contribution in [-0.4, -0.2) is 30.8 Å². The zero-order chi connectivity index (χ0) is 10.4. The summed E-state index contributed by atoms with van der Waals surface area (Å²) in [6.45, 7) is -0.276. The molecule has 0 aliphatic heterocycles. The number of rotatable bonds is 4. The minimum absolute atomic E-state index is 0.276. The van der Waals surface area contributed by atoms with Crippen molar-refractivity contribution in [2.75, 3.05) is 13.7 Å². The standard InChI is InChI=1S/C10H13NO3/c1-11-9(7-12)10(13)14-8-5-3-2-4-6-8/h2-6,9,11-12H,7H2,1H3/t9-/m0/s1. The van der Waals surface area contributed by atoms with E-state index in [1.807, 2.05) is 6.07 Å². The van der Waals surface area contributed by atoms with E-state index in [2.05, 4.69) is 5.32 Å². The summed E-state index contributed by atoms with van der Waals surface area (Å²) < 4.78 is 5.00. The summed E-state index contributed by atoms with van der Waals surface area (Å²) in [5.41, 5.74) is 0. The maximum Gasteiger partial charge on any atom is 0.330 e. The maximum absolute atomic E-state index is 11.3. The molecule has 0 unspecified atom stereocenters. The second-order valence-electron chi connectivity index (χ2n) is 2.76. The summed E-state index contributed by atoms with van der Waals surface area (Å²) in [6.07, 6.45) is 0. The van der Waals surface area contributed by atoms with Gasteiger partial charge in [0.25, 0.3) is 0 Å². The Morgan fingerprint density at radius 1 is 1.50 bits per heavy atom. The van der Waals surface area contributed by atoms with Gasteiger partial charge in [-0.15, -0.1) is 0 Å². The summed E-state index contributed by atoms with van der Waals surface area (Å²) in [7, 11) is 1.59. The number of aliphatic hydroxyl groups is 1. The number of benzene rings is 1. The van der Waals surface area contributed by atoms with Crippen LogP contribution in [0.2, 0.25) is 0 Å². The van der Waals surface area contributed by atoms with Gasteiger partial charge in [0.2, 0.25) is 0 Å². The van der Waals surface area contributed by atoms with E-state index in [1.54, 1.807) is 31.3 Å². The lowest BCUT2D eigenvalue weighted by Crippen LogP contribution is -2.40. The fraction of sp³-hybridized carbons (Fsp3) is 0.300. The van der Waals surface area contributed by atoms with Crippen molar-refractivity contribution in [1.82, 2.24) is 5.32 Å². The van der Waals surface area contributed by atoms with E-state index in [0.717, 1.165) is 0 Å². The van der Waals surface area contributed by atoms with Crippen molar-refractivity contribution in [3.8, 4) is 5.75 Å². The minimum Gasteiger partial charge on any atom is -0.425 e. The number of para-hydroxylation sites is 1. The summed E-state index contributed by atoms with van der Waals surface area (Å²) in [5, 5.41) is 11.5. The average Bonchev–Trinajstić information content (AvgIpc) is 2.21. The van der Waals surface area contributed by atoms with E-state index in [-0.39, 0.29) is 6.61 Å². The lowest BCUT2D eigenvalue weighted by atomic mass is 10.3. The number of esters is 1. The van der Waals surface area contributed by atoms with Gasteiger partial charge in [0, 0.05) is 0 Å². The third-order valence-electron chi connectivity index (χ3n) is 1.78. The number of carbonyl (C=O) groups is 1. The summed E-state index contributed by atoms with van der Waals surface area (Å²) in [4.78, 5) is 11.3. The van der Waals surface area contributed by atoms with Crippen molar-refractivity contribution < 1.29 is 14.6 Å². The van der Waals surface area contributed by atoms with Gasteiger partial charge in [0.1, 0.15) is 11.8 Å². The Kier molecular flexibility index (Phi) is 4.10. The van der Waals surface area contributed by atoms with E-state index in [1.165, 1.54) is 0 Å². The SMILES string of the molecule is CN[C@@H](CO)C(=O)Oc1ccccc1. The maximum atomic E-state index is 11.3. The normalized spacial score (nSPS) is 12.1. The lowest BCUT2D eigenvalue weighted by molar-refractivity contribution is -0.137. The van der Waals surface area contributed by atoms with Crippen molar-refractivity contribution in [1.29, 1.82) is 0 Å². The number of carbonyl (C=O) groups excluding carboxylic acids is 1. The van der Waals surface area contributed by atoms with Gasteiger partial charge in [-0.25, -0.2) is 4.79 Å². The Hall–Kier alpha value is -1.39. The van der Waals surface area contributed by atoms with Gasteiger partial charge in [-0.3, -0.25) is 0 Å². The molecule has 76 valence electrons. The molecule has 0 radical (unpaired) electrons. The van der Waals surface area contributed by atoms with Crippen LogP contribution < -0.4 is 10.1 Å². The predicted octanol–water partition coefficient (Wildman–Crippen LogP) is 0.172. The van der Waals surface area contributed by atoms with E-state index >= 15 is 0 Å². The third kappa shape index (κ3) is 2.83. The molecule has 0 aromatic heterocycles. The van der Waals surface area contributed by atoms with Crippen LogP contribution in [-0.2, 0) is 4.79 Å². The lowest BCUT2D eigenvalue weighted by Gasteiger charge is -2.11. The molecule has 0 saturated carbocycles. The molecule has 0 bridgehead atoms. The second kappa shape index (κ2) is 5.36. The molecule has 0 aliphatic carbocycles. The largest absolute Gasteiger partial charge is 0.425 e. The quantitative estimate of drug-likeness (QED) is 0.531. The van der Waals surface area contributed by atoms with Crippen LogP contribution in [0.5, 0.6) is 5.75 Å². The Labute approximate surface area is 82.5 Å². The van der Waals surface area contributed by atoms with Gasteiger partial charge in [-0.05, 0) is 19.2 Å². The molecule has 0 saturated heterocycles. The van der Waals surface area contributed by atoms with Gasteiger partial charge >= 0.3 is 5.97 Å². The van der Waals surface area contributed by atoms with Gasteiger partial charge in [0.15, 0.2) is 0 Å². The molecular formula is C10H13NO3. The first-order valence-corrected chi connectivity index (χ1v) is 4.32. The van der Waals surface area contributed by atoms with E-state index < -0.39 is 12.0 Å². The Morgan fingerprint density at radius 3 is 2.64 bits per heavy atom. The highest BCUT2D eigenvalue weighted by molar-refractivity contribution is 5.78. The van der Waals surface area contributed by atoms with Gasteiger partial charge in [-0.2, -0.15) is 0 Å². The average molecular weight is 195 g/mol. The van der Waals surface area contributed by atoms with Crippen molar-refractivity contribution in [2.45, 2.75) is 6.04 Å². The second-order valence-corrected chi connectivity index (χ2v) is 2.76. The number of nitrogens with one attached hydrogen (secondary N) is 1. The number of ether oxygens (including phenoxy) is 1. The highest BCUT2D eigenvalue weighted by Crippen LogP contribution is 2.08. The molecule has 1 atom stereocenters. The molecule has 0 aliphatic rings. The number of aliphatic hydroxyl groups excluding tert-OH is 1. The zero-order valence-electron chi connectivity index (χ0n) is 7.93. The first-order chi connectivity index (χ1) is 6.77. The summed E-state index contributed by atoms with van der Waals surface area (Å²) in [5.74, 6) is -0.00704. The number of likely N-dealkylation sites (N-methyl/N-ethyl adjacent to an activating group) is 1. The van der Waals surface area contributed by atoms with Crippen LogP contribution in [0.15, 0.2) is 30.3 Å². The molecule has 14 heavy (non-hydrogen) atoms. The van der Waals surface area contributed by atoms with E-state index in [4.69, 9.17) is 9.84 Å². The van der Waals surface area contributed by atoms with Crippen molar-refractivity contribution in [2.24, 2.45) is 0 Å². The highest BCUT2D eigenvalue weighted by atomic mass is 16.5. The molecule has 1 aromatic carbocycles. The molecule has 1 aromatic rings. The monoisotopic (exact) mass is 195 g/mol. The number of hydrogen-bond acceptors (Lipinski definition) is 4. The zero-order valence-corrected chi connectivity index (χ0v) is 7.93. The fourth-order valence-electron chi connectivity index (χ4n) is 0.959. The first kappa shape index (κ1) is 10.7. The smallest absolute Gasteiger partial charge is 0.330 e. The highest BCUT2D eigenvalue weighted by Gasteiger charge is 2.16. The van der Waals surface area contributed by atoms with Crippen LogP contribution in [0, 0.1) is 0 Å². The topological polar surface area (TPSA) is 58.6 Å². The van der Waals surface area contributed by atoms with Gasteiger partial charge in [0.05, 0.1) is 6.61 Å². The van der Waals surface area contributed by atoms with Crippen LogP contribution in [0.4, 0.5) is 0 Å². The molecule has 4 heteroatoms. The van der Waals surface area contributed by atoms with Crippen molar-refractivity contribution in [3.05, 3.63) is 30.3 Å². The molecule has 2 N–H and O–H groups in total. The van der Waals surface area contributed by atoms with E-state index in [0.29, 0.717) is 5.75 Å². The van der Waals surface area contributed by atoms with E-state index in [9.17, 15) is 4.79 Å². The molecular weight excluding hydrogens is 182 g/mol. The Morgan fingerprint density at radius 2 is 2.14 bits per heavy atom. The fourth-order valence-corrected chi connectivity index (χ4v) is 0.959. The summed E-state index contributed by atoms with van der Waals surface area (Å²) in [6, 6.07) is 8.07. The molecule has 0 amide bonds. The minimum atomic E-state index is -0.671. The molecule has 0 fully saturated rings. The first-order valence-electron chi connectivity index (χ1n) is 4.32. The molecule has 0 spiro atoms. The van der Waals surface area contributed by atoms with Crippen LogP contribution in [0.3, 0.4) is 0 Å². The predicted molar refractivity (Wildman–Crippen MR) is 52.0 cm³/mol. The number of hydrogen-bond donors (Lipinski definition) is 2. The van der Waals surface area contributed by atoms with Crippen molar-refractivity contribution in [3.63, 3.8) is 0 Å². The Bertz CT molecular complexity index is 283. The van der Waals surface area contributed by atoms with Crippen LogP contribution >= 0.6 is 0 Å². The Balaban J connectivity index is 2.57. The third-order valence-corrected chi connectivity index (χ3v) is 1.78. The van der Waals surface area contributed by atoms with Gasteiger partial charge < -0.3 is 15.2 Å². The van der Waals surface area contributed by atoms with Crippen molar-refractivity contribution >= 4 is 5.97 Å². The molecule has 0 heterocycles. The van der Waals surface area contributed by atoms with Gasteiger partial charge in [-0.1, -0.05) is 18.2 Å². The molecule has 4 nitrogen and oxygen atoms in total. The molecule has 1 rings (SSSR count). The summed E-state index contributed by atoms with van der Waals surface area (Å²) >= 11 is 0. The van der Waals surface area contributed by atoms with Crippen LogP contribution in [0.25, 0.3) is 0 Å².